The van der Waals surface area contributed by atoms with Crippen molar-refractivity contribution in [3.8, 4) is 0 Å². The molecule has 0 aromatic carbocycles. The summed E-state index contributed by atoms with van der Waals surface area (Å²) in [6.45, 7) is 3.29. The van der Waals surface area contributed by atoms with E-state index in [1.165, 1.54) is 10.9 Å². The van der Waals surface area contributed by atoms with Crippen LogP contribution in [-0.4, -0.2) is 48.7 Å². The molecule has 2 aliphatic heterocycles. The maximum Gasteiger partial charge on any atom is 0.260 e. The average Bonchev–Trinajstić information content (AvgIpc) is 2.98. The Morgan fingerprint density at radius 3 is 2.68 bits per heavy atom. The smallest absolute Gasteiger partial charge is 0.260 e. The van der Waals surface area contributed by atoms with Crippen molar-refractivity contribution >= 4 is 10.0 Å². The second kappa shape index (κ2) is 4.57. The number of aryl methyl sites for hydroxylation is 1. The fraction of sp³-hybridized carbons (Fsp3) is 0.750. The minimum absolute atomic E-state index is 0.191. The molecule has 1 aromatic heterocycles. The van der Waals surface area contributed by atoms with Crippen LogP contribution < -0.4 is 5.32 Å². The SMILES string of the molecule is Cn1nccc1S(=O)(=O)N1CCC2(CCNCC2)C1. The zero-order chi connectivity index (χ0) is 13.5. The van der Waals surface area contributed by atoms with Crippen LogP contribution in [0.25, 0.3) is 0 Å². The van der Waals surface area contributed by atoms with E-state index >= 15 is 0 Å². The Bertz CT molecular complexity index is 560. The third kappa shape index (κ3) is 2.19. The Balaban J connectivity index is 1.83. The number of piperidine rings is 1. The summed E-state index contributed by atoms with van der Waals surface area (Å²) in [5, 5.41) is 7.59. The summed E-state index contributed by atoms with van der Waals surface area (Å²) < 4.78 is 28.3. The largest absolute Gasteiger partial charge is 0.317 e. The van der Waals surface area contributed by atoms with Crippen molar-refractivity contribution in [1.82, 2.24) is 19.4 Å². The Morgan fingerprint density at radius 1 is 1.32 bits per heavy atom. The molecule has 106 valence electrons. The molecular weight excluding hydrogens is 264 g/mol. The fourth-order valence-electron chi connectivity index (χ4n) is 3.21. The minimum Gasteiger partial charge on any atom is -0.317 e. The zero-order valence-corrected chi connectivity index (χ0v) is 12.0. The highest BCUT2D eigenvalue weighted by molar-refractivity contribution is 7.89. The summed E-state index contributed by atoms with van der Waals surface area (Å²) in [5.74, 6) is 0. The first-order valence-electron chi connectivity index (χ1n) is 6.72. The van der Waals surface area contributed by atoms with Gasteiger partial charge >= 0.3 is 0 Å². The van der Waals surface area contributed by atoms with Gasteiger partial charge in [0.05, 0.1) is 6.20 Å². The van der Waals surface area contributed by atoms with Crippen LogP contribution >= 0.6 is 0 Å². The predicted octanol–water partition coefficient (Wildman–Crippen LogP) is 0.184. The van der Waals surface area contributed by atoms with E-state index in [0.29, 0.717) is 18.1 Å². The topological polar surface area (TPSA) is 67.2 Å². The van der Waals surface area contributed by atoms with E-state index in [4.69, 9.17) is 0 Å². The molecule has 0 atom stereocenters. The van der Waals surface area contributed by atoms with E-state index in [-0.39, 0.29) is 5.41 Å². The second-order valence-electron chi connectivity index (χ2n) is 5.63. The average molecular weight is 284 g/mol. The van der Waals surface area contributed by atoms with Gasteiger partial charge in [-0.2, -0.15) is 9.40 Å². The Morgan fingerprint density at radius 2 is 2.05 bits per heavy atom. The highest BCUT2D eigenvalue weighted by atomic mass is 32.2. The molecule has 1 N–H and O–H groups in total. The monoisotopic (exact) mass is 284 g/mol. The molecule has 3 rings (SSSR count). The maximum absolute atomic E-state index is 12.6. The van der Waals surface area contributed by atoms with Crippen molar-refractivity contribution in [3.63, 3.8) is 0 Å². The lowest BCUT2D eigenvalue weighted by atomic mass is 9.78. The van der Waals surface area contributed by atoms with Gasteiger partial charge in [0.1, 0.15) is 0 Å². The summed E-state index contributed by atoms with van der Waals surface area (Å²) in [6.07, 6.45) is 4.66. The minimum atomic E-state index is -3.39. The number of nitrogens with one attached hydrogen (secondary N) is 1. The lowest BCUT2D eigenvalue weighted by Crippen LogP contribution is -2.40. The molecule has 19 heavy (non-hydrogen) atoms. The quantitative estimate of drug-likeness (QED) is 0.841. The van der Waals surface area contributed by atoms with Gasteiger partial charge in [0.25, 0.3) is 10.0 Å². The number of rotatable bonds is 2. The van der Waals surface area contributed by atoms with E-state index in [1.54, 1.807) is 17.4 Å². The van der Waals surface area contributed by atoms with Gasteiger partial charge in [0, 0.05) is 20.1 Å². The zero-order valence-electron chi connectivity index (χ0n) is 11.2. The Hall–Kier alpha value is -0.920. The first kappa shape index (κ1) is 13.1. The van der Waals surface area contributed by atoms with Gasteiger partial charge in [0.2, 0.25) is 0 Å². The van der Waals surface area contributed by atoms with Crippen molar-refractivity contribution in [3.05, 3.63) is 12.3 Å². The highest BCUT2D eigenvalue weighted by Crippen LogP contribution is 2.40. The van der Waals surface area contributed by atoms with Crippen LogP contribution in [0.15, 0.2) is 17.3 Å². The van der Waals surface area contributed by atoms with E-state index in [2.05, 4.69) is 10.4 Å². The molecule has 0 unspecified atom stereocenters. The number of sulfonamides is 1. The van der Waals surface area contributed by atoms with Crippen LogP contribution in [0.2, 0.25) is 0 Å². The van der Waals surface area contributed by atoms with Crippen LogP contribution in [-0.2, 0) is 17.1 Å². The first-order valence-corrected chi connectivity index (χ1v) is 8.16. The molecule has 1 aromatic rings. The molecule has 7 heteroatoms. The van der Waals surface area contributed by atoms with E-state index in [1.807, 2.05) is 0 Å². The highest BCUT2D eigenvalue weighted by Gasteiger charge is 2.43. The molecule has 0 aliphatic carbocycles. The Kier molecular flexibility index (Phi) is 3.15. The van der Waals surface area contributed by atoms with E-state index in [9.17, 15) is 8.42 Å². The predicted molar refractivity (Wildman–Crippen MR) is 71.1 cm³/mol. The van der Waals surface area contributed by atoms with Gasteiger partial charge in [-0.3, -0.25) is 4.68 Å². The summed E-state index contributed by atoms with van der Waals surface area (Å²) in [6, 6.07) is 1.57. The molecule has 2 fully saturated rings. The van der Waals surface area contributed by atoms with Crippen LogP contribution in [0, 0.1) is 5.41 Å². The Labute approximate surface area is 113 Å². The molecule has 1 spiro atoms. The summed E-state index contributed by atoms with van der Waals surface area (Å²) in [5.41, 5.74) is 0.191. The van der Waals surface area contributed by atoms with Crippen molar-refractivity contribution in [2.75, 3.05) is 26.2 Å². The number of nitrogens with zero attached hydrogens (tertiary/aromatic N) is 3. The van der Waals surface area contributed by atoms with E-state index < -0.39 is 10.0 Å². The fourth-order valence-corrected chi connectivity index (χ4v) is 4.87. The van der Waals surface area contributed by atoms with Crippen molar-refractivity contribution in [2.45, 2.75) is 24.3 Å². The van der Waals surface area contributed by atoms with Crippen molar-refractivity contribution in [1.29, 1.82) is 0 Å². The maximum atomic E-state index is 12.6. The summed E-state index contributed by atoms with van der Waals surface area (Å²) in [7, 11) is -1.72. The van der Waals surface area contributed by atoms with Crippen LogP contribution in [0.5, 0.6) is 0 Å². The number of hydrogen-bond donors (Lipinski definition) is 1. The lowest BCUT2D eigenvalue weighted by Gasteiger charge is -2.33. The van der Waals surface area contributed by atoms with Gasteiger partial charge in [-0.15, -0.1) is 0 Å². The second-order valence-corrected chi connectivity index (χ2v) is 7.52. The van der Waals surface area contributed by atoms with Gasteiger partial charge in [-0.1, -0.05) is 0 Å². The normalized spacial score (nSPS) is 24.1. The first-order chi connectivity index (χ1) is 9.04. The molecule has 2 aliphatic rings. The van der Waals surface area contributed by atoms with Crippen molar-refractivity contribution < 1.29 is 8.42 Å². The van der Waals surface area contributed by atoms with Crippen molar-refractivity contribution in [2.24, 2.45) is 12.5 Å². The molecule has 0 radical (unpaired) electrons. The van der Waals surface area contributed by atoms with Crippen LogP contribution in [0.1, 0.15) is 19.3 Å². The number of aromatic nitrogens is 2. The summed E-state index contributed by atoms with van der Waals surface area (Å²) >= 11 is 0. The van der Waals surface area contributed by atoms with Crippen LogP contribution in [0.4, 0.5) is 0 Å². The van der Waals surface area contributed by atoms with Gasteiger partial charge in [0.15, 0.2) is 5.03 Å². The standard InChI is InChI=1S/C12H20N4O2S/c1-15-11(2-6-14-15)19(17,18)16-9-5-12(10-16)3-7-13-8-4-12/h2,6,13H,3-5,7-10H2,1H3. The molecule has 0 bridgehead atoms. The third-order valence-electron chi connectivity index (χ3n) is 4.45. The molecule has 0 saturated carbocycles. The van der Waals surface area contributed by atoms with Crippen LogP contribution in [0.3, 0.4) is 0 Å². The lowest BCUT2D eigenvalue weighted by molar-refractivity contribution is 0.218. The van der Waals surface area contributed by atoms with Gasteiger partial charge in [-0.05, 0) is 43.8 Å². The number of hydrogen-bond acceptors (Lipinski definition) is 4. The van der Waals surface area contributed by atoms with Gasteiger partial charge in [-0.25, -0.2) is 8.42 Å². The van der Waals surface area contributed by atoms with Gasteiger partial charge < -0.3 is 5.32 Å². The molecule has 3 heterocycles. The molecule has 6 nitrogen and oxygen atoms in total. The molecular formula is C12H20N4O2S. The van der Waals surface area contributed by atoms with E-state index in [0.717, 1.165) is 32.4 Å². The molecule has 0 amide bonds. The third-order valence-corrected chi connectivity index (χ3v) is 6.37. The molecule has 2 saturated heterocycles. The summed E-state index contributed by atoms with van der Waals surface area (Å²) in [4.78, 5) is 0.